The van der Waals surface area contributed by atoms with E-state index in [-0.39, 0.29) is 5.78 Å². The summed E-state index contributed by atoms with van der Waals surface area (Å²) in [5, 5.41) is 0. The number of carbonyl (C=O) groups is 1. The summed E-state index contributed by atoms with van der Waals surface area (Å²) in [7, 11) is 0. The summed E-state index contributed by atoms with van der Waals surface area (Å²) in [6.07, 6.45) is 2.57. The average molecular weight is 180 g/mol. The molecule has 64 valence electrons. The van der Waals surface area contributed by atoms with Gasteiger partial charge in [-0.2, -0.15) is 0 Å². The molecule has 1 aromatic carbocycles. The minimum Gasteiger partial charge on any atom is -0.294 e. The van der Waals surface area contributed by atoms with Crippen molar-refractivity contribution in [2.75, 3.05) is 6.26 Å². The molecule has 0 radical (unpaired) electrons. The molecule has 0 saturated heterocycles. The highest BCUT2D eigenvalue weighted by Gasteiger charge is 2.06. The fourth-order valence-electron chi connectivity index (χ4n) is 1.07. The summed E-state index contributed by atoms with van der Waals surface area (Å²) in [5.41, 5.74) is 0.854. The van der Waals surface area contributed by atoms with E-state index >= 15 is 0 Å². The van der Waals surface area contributed by atoms with Gasteiger partial charge in [0.1, 0.15) is 0 Å². The molecule has 0 unspecified atom stereocenters. The summed E-state index contributed by atoms with van der Waals surface area (Å²) < 4.78 is 0. The van der Waals surface area contributed by atoms with Gasteiger partial charge in [-0.3, -0.25) is 4.79 Å². The number of hydrogen-bond acceptors (Lipinski definition) is 2. The Kier molecular flexibility index (Phi) is 3.35. The zero-order valence-corrected chi connectivity index (χ0v) is 8.15. The third kappa shape index (κ3) is 1.89. The van der Waals surface area contributed by atoms with Crippen molar-refractivity contribution in [1.82, 2.24) is 0 Å². The highest BCUT2D eigenvalue weighted by Crippen LogP contribution is 2.20. The lowest BCUT2D eigenvalue weighted by Gasteiger charge is -2.03. The molecular weight excluding hydrogens is 168 g/mol. The summed E-state index contributed by atoms with van der Waals surface area (Å²) in [6.45, 7) is 1.89. The maximum atomic E-state index is 11.4. The molecule has 0 heterocycles. The predicted molar refractivity (Wildman–Crippen MR) is 52.8 cm³/mol. The van der Waals surface area contributed by atoms with Crippen LogP contribution in [0.2, 0.25) is 0 Å². The fourth-order valence-corrected chi connectivity index (χ4v) is 1.68. The second-order valence-corrected chi connectivity index (χ2v) is 3.33. The Labute approximate surface area is 77.2 Å². The molecule has 1 aromatic rings. The Hall–Kier alpha value is -0.760. The molecule has 0 aliphatic heterocycles. The second kappa shape index (κ2) is 4.31. The van der Waals surface area contributed by atoms with Crippen LogP contribution in [-0.2, 0) is 0 Å². The van der Waals surface area contributed by atoms with E-state index in [1.165, 1.54) is 0 Å². The lowest BCUT2D eigenvalue weighted by Crippen LogP contribution is -1.97. The number of benzene rings is 1. The Bertz CT molecular complexity index is 281. The van der Waals surface area contributed by atoms with E-state index in [0.29, 0.717) is 6.42 Å². The molecule has 0 aromatic heterocycles. The molecule has 0 spiro atoms. The van der Waals surface area contributed by atoms with Gasteiger partial charge in [0.15, 0.2) is 5.78 Å². The second-order valence-electron chi connectivity index (χ2n) is 2.48. The maximum absolute atomic E-state index is 11.4. The van der Waals surface area contributed by atoms with Crippen LogP contribution in [0.25, 0.3) is 0 Å². The van der Waals surface area contributed by atoms with Gasteiger partial charge in [0, 0.05) is 16.9 Å². The normalized spacial score (nSPS) is 9.83. The molecule has 0 fully saturated rings. The molecule has 1 nitrogen and oxygen atoms in total. The van der Waals surface area contributed by atoms with Gasteiger partial charge < -0.3 is 0 Å². The number of thioether (sulfide) groups is 1. The van der Waals surface area contributed by atoms with Crippen LogP contribution in [0.4, 0.5) is 0 Å². The largest absolute Gasteiger partial charge is 0.294 e. The van der Waals surface area contributed by atoms with Crippen molar-refractivity contribution in [3.05, 3.63) is 29.8 Å². The van der Waals surface area contributed by atoms with Crippen molar-refractivity contribution < 1.29 is 4.79 Å². The van der Waals surface area contributed by atoms with E-state index in [1.807, 2.05) is 37.4 Å². The topological polar surface area (TPSA) is 17.1 Å². The van der Waals surface area contributed by atoms with E-state index in [0.717, 1.165) is 10.5 Å². The van der Waals surface area contributed by atoms with Gasteiger partial charge in [-0.15, -0.1) is 11.8 Å². The van der Waals surface area contributed by atoms with Gasteiger partial charge in [-0.25, -0.2) is 0 Å². The molecule has 0 aliphatic rings. The lowest BCUT2D eigenvalue weighted by atomic mass is 10.1. The average Bonchev–Trinajstić information content (AvgIpc) is 2.16. The standard InChI is InChI=1S/C10H12OS/c1-3-9(11)8-6-4-5-7-10(8)12-2/h4-7H,3H2,1-2H3. The first-order valence-electron chi connectivity index (χ1n) is 3.95. The highest BCUT2D eigenvalue weighted by atomic mass is 32.2. The Balaban J connectivity index is 3.04. The Morgan fingerprint density at radius 3 is 2.67 bits per heavy atom. The molecular formula is C10H12OS. The van der Waals surface area contributed by atoms with E-state index in [9.17, 15) is 4.79 Å². The first kappa shape index (κ1) is 9.33. The van der Waals surface area contributed by atoms with Crippen LogP contribution in [0, 0.1) is 0 Å². The number of Topliss-reactive ketones (excluding diaryl/α,β-unsaturated/α-hetero) is 1. The van der Waals surface area contributed by atoms with Crippen LogP contribution in [0.15, 0.2) is 29.2 Å². The van der Waals surface area contributed by atoms with Crippen LogP contribution < -0.4 is 0 Å². The molecule has 0 atom stereocenters. The van der Waals surface area contributed by atoms with Crippen molar-refractivity contribution >= 4 is 17.5 Å². The van der Waals surface area contributed by atoms with Crippen LogP contribution in [-0.4, -0.2) is 12.0 Å². The first-order chi connectivity index (χ1) is 5.79. The van der Waals surface area contributed by atoms with E-state index in [4.69, 9.17) is 0 Å². The third-order valence-electron chi connectivity index (χ3n) is 1.73. The molecule has 0 amide bonds. The quantitative estimate of drug-likeness (QED) is 0.525. The summed E-state index contributed by atoms with van der Waals surface area (Å²) >= 11 is 1.62. The van der Waals surface area contributed by atoms with Crippen molar-refractivity contribution in [2.45, 2.75) is 18.2 Å². The van der Waals surface area contributed by atoms with Crippen molar-refractivity contribution in [3.63, 3.8) is 0 Å². The predicted octanol–water partition coefficient (Wildman–Crippen LogP) is 3.00. The van der Waals surface area contributed by atoms with E-state index < -0.39 is 0 Å². The number of hydrogen-bond donors (Lipinski definition) is 0. The number of rotatable bonds is 3. The van der Waals surface area contributed by atoms with Gasteiger partial charge in [-0.1, -0.05) is 25.1 Å². The van der Waals surface area contributed by atoms with Crippen LogP contribution in [0.1, 0.15) is 23.7 Å². The zero-order valence-electron chi connectivity index (χ0n) is 7.33. The summed E-state index contributed by atoms with van der Waals surface area (Å²) in [6, 6.07) is 7.73. The van der Waals surface area contributed by atoms with E-state index in [2.05, 4.69) is 0 Å². The van der Waals surface area contributed by atoms with Crippen LogP contribution in [0.3, 0.4) is 0 Å². The SMILES string of the molecule is CCC(=O)c1ccccc1SC. The minimum absolute atomic E-state index is 0.222. The molecule has 2 heteroatoms. The Morgan fingerprint density at radius 2 is 2.08 bits per heavy atom. The molecule has 1 rings (SSSR count). The first-order valence-corrected chi connectivity index (χ1v) is 5.18. The summed E-state index contributed by atoms with van der Waals surface area (Å²) in [4.78, 5) is 12.5. The van der Waals surface area contributed by atoms with Gasteiger partial charge in [0.05, 0.1) is 0 Å². The molecule has 0 aliphatic carbocycles. The number of ketones is 1. The lowest BCUT2D eigenvalue weighted by molar-refractivity contribution is 0.0985. The molecule has 12 heavy (non-hydrogen) atoms. The molecule has 0 bridgehead atoms. The molecule has 0 saturated carbocycles. The van der Waals surface area contributed by atoms with Gasteiger partial charge in [0.2, 0.25) is 0 Å². The minimum atomic E-state index is 0.222. The van der Waals surface area contributed by atoms with Gasteiger partial charge >= 0.3 is 0 Å². The van der Waals surface area contributed by atoms with Crippen molar-refractivity contribution in [1.29, 1.82) is 0 Å². The smallest absolute Gasteiger partial charge is 0.163 e. The van der Waals surface area contributed by atoms with Crippen LogP contribution in [0.5, 0.6) is 0 Å². The Morgan fingerprint density at radius 1 is 1.42 bits per heavy atom. The highest BCUT2D eigenvalue weighted by molar-refractivity contribution is 7.98. The number of carbonyl (C=O) groups excluding carboxylic acids is 1. The fraction of sp³-hybridized carbons (Fsp3) is 0.300. The maximum Gasteiger partial charge on any atom is 0.163 e. The summed E-state index contributed by atoms with van der Waals surface area (Å²) in [5.74, 6) is 0.222. The zero-order chi connectivity index (χ0) is 8.97. The van der Waals surface area contributed by atoms with Gasteiger partial charge in [-0.05, 0) is 12.3 Å². The van der Waals surface area contributed by atoms with Crippen molar-refractivity contribution in [3.8, 4) is 0 Å². The van der Waals surface area contributed by atoms with Crippen LogP contribution >= 0.6 is 11.8 Å². The van der Waals surface area contributed by atoms with Gasteiger partial charge in [0.25, 0.3) is 0 Å². The van der Waals surface area contributed by atoms with Crippen molar-refractivity contribution in [2.24, 2.45) is 0 Å². The monoisotopic (exact) mass is 180 g/mol. The molecule has 0 N–H and O–H groups in total. The van der Waals surface area contributed by atoms with E-state index in [1.54, 1.807) is 11.8 Å². The third-order valence-corrected chi connectivity index (χ3v) is 2.52.